The van der Waals surface area contributed by atoms with Crippen LogP contribution in [0.4, 0.5) is 0 Å². The maximum atomic E-state index is 6.33. The average molecular weight is 289 g/mol. The van der Waals surface area contributed by atoms with Crippen LogP contribution in [-0.4, -0.2) is 14.3 Å². The topological polar surface area (TPSA) is 0 Å². The number of alkyl halides is 1. The maximum Gasteiger partial charge on any atom is 0.118 e. The molecule has 0 saturated carbocycles. The third kappa shape index (κ3) is 3.10. The molecule has 0 radical (unpaired) electrons. The van der Waals surface area contributed by atoms with Crippen molar-refractivity contribution in [1.29, 1.82) is 0 Å². The van der Waals surface area contributed by atoms with Crippen LogP contribution in [0.25, 0.3) is 0 Å². The largest absolute Gasteiger partial charge is 0.130 e. The first-order valence-electron chi connectivity index (χ1n) is 6.73. The van der Waals surface area contributed by atoms with E-state index in [0.29, 0.717) is 0 Å². The highest BCUT2D eigenvalue weighted by Crippen LogP contribution is 2.07. The van der Waals surface area contributed by atoms with Crippen molar-refractivity contribution in [2.45, 2.75) is 27.7 Å². The summed E-state index contributed by atoms with van der Waals surface area (Å²) in [5.74, 6) is 0. The Morgan fingerprint density at radius 1 is 0.947 bits per heavy atom. The molecule has 0 aliphatic rings. The Morgan fingerprint density at radius 3 is 2.16 bits per heavy atom. The Hall–Kier alpha value is -1.05. The summed E-state index contributed by atoms with van der Waals surface area (Å²) in [5, 5.41) is 2.95. The van der Waals surface area contributed by atoms with Gasteiger partial charge in [0.15, 0.2) is 0 Å². The van der Waals surface area contributed by atoms with Crippen LogP contribution in [0.1, 0.15) is 22.3 Å². The first kappa shape index (κ1) is 14.4. The van der Waals surface area contributed by atoms with Crippen molar-refractivity contribution in [2.24, 2.45) is 0 Å². The Kier molecular flexibility index (Phi) is 4.49. The SMILES string of the molecule is Cc1cc(C)cc([SiH](CCl)c2cccc(C)c2C)c1. The molecule has 0 aliphatic heterocycles. The molecule has 2 aromatic carbocycles. The van der Waals surface area contributed by atoms with Crippen LogP contribution in [0.3, 0.4) is 0 Å². The van der Waals surface area contributed by atoms with Crippen molar-refractivity contribution in [2.75, 3.05) is 5.50 Å². The standard InChI is InChI=1S/C17H21ClSi/c1-12-8-13(2)10-16(9-12)19(11-18)17-7-5-6-14(3)15(17)4/h5-10,19H,11H2,1-4H3. The van der Waals surface area contributed by atoms with E-state index in [-0.39, 0.29) is 0 Å². The molecule has 0 fully saturated rings. The van der Waals surface area contributed by atoms with Crippen molar-refractivity contribution in [3.63, 3.8) is 0 Å². The van der Waals surface area contributed by atoms with Crippen molar-refractivity contribution < 1.29 is 0 Å². The highest BCUT2D eigenvalue weighted by atomic mass is 35.5. The molecule has 0 aliphatic carbocycles. The fraction of sp³-hybridized carbons (Fsp3) is 0.294. The fourth-order valence-electron chi connectivity index (χ4n) is 2.71. The van der Waals surface area contributed by atoms with Gasteiger partial charge in [-0.2, -0.15) is 0 Å². The van der Waals surface area contributed by atoms with Crippen LogP contribution < -0.4 is 10.4 Å². The zero-order chi connectivity index (χ0) is 14.0. The van der Waals surface area contributed by atoms with E-state index in [1.807, 2.05) is 0 Å². The minimum Gasteiger partial charge on any atom is -0.130 e. The normalized spacial score (nSPS) is 12.5. The molecule has 1 atom stereocenters. The summed E-state index contributed by atoms with van der Waals surface area (Å²) < 4.78 is 0. The second-order valence-corrected chi connectivity index (χ2v) is 9.05. The smallest absolute Gasteiger partial charge is 0.118 e. The number of halogens is 1. The summed E-state index contributed by atoms with van der Waals surface area (Å²) in [5.41, 5.74) is 6.21. The number of hydrogen-bond acceptors (Lipinski definition) is 0. The van der Waals surface area contributed by atoms with E-state index in [9.17, 15) is 0 Å². The zero-order valence-electron chi connectivity index (χ0n) is 12.1. The van der Waals surface area contributed by atoms with E-state index in [2.05, 4.69) is 64.1 Å². The van der Waals surface area contributed by atoms with E-state index in [1.165, 1.54) is 32.6 Å². The Balaban J connectivity index is 2.53. The summed E-state index contributed by atoms with van der Waals surface area (Å²) in [4.78, 5) is 0. The second kappa shape index (κ2) is 5.94. The van der Waals surface area contributed by atoms with Gasteiger partial charge in [0.2, 0.25) is 0 Å². The van der Waals surface area contributed by atoms with E-state index >= 15 is 0 Å². The zero-order valence-corrected chi connectivity index (χ0v) is 14.0. The molecule has 0 spiro atoms. The highest BCUT2D eigenvalue weighted by Gasteiger charge is 2.18. The number of hydrogen-bond donors (Lipinski definition) is 0. The van der Waals surface area contributed by atoms with E-state index in [1.54, 1.807) is 0 Å². The van der Waals surface area contributed by atoms with Gasteiger partial charge in [0.25, 0.3) is 0 Å². The van der Waals surface area contributed by atoms with Crippen molar-refractivity contribution in [1.82, 2.24) is 0 Å². The van der Waals surface area contributed by atoms with Gasteiger partial charge in [0, 0.05) is 5.50 Å². The highest BCUT2D eigenvalue weighted by molar-refractivity contribution is 6.89. The third-order valence-electron chi connectivity index (χ3n) is 3.82. The first-order chi connectivity index (χ1) is 9.02. The predicted octanol–water partition coefficient (Wildman–Crippen LogP) is 3.04. The van der Waals surface area contributed by atoms with Gasteiger partial charge in [-0.1, -0.05) is 57.9 Å². The molecule has 1 unspecified atom stereocenters. The molecule has 2 rings (SSSR count). The van der Waals surface area contributed by atoms with Crippen LogP contribution in [0.2, 0.25) is 0 Å². The average Bonchev–Trinajstić information content (AvgIpc) is 2.34. The molecule has 0 heterocycles. The van der Waals surface area contributed by atoms with Crippen LogP contribution in [0.5, 0.6) is 0 Å². The summed E-state index contributed by atoms with van der Waals surface area (Å²) in [6.45, 7) is 8.73. The van der Waals surface area contributed by atoms with Gasteiger partial charge in [-0.25, -0.2) is 0 Å². The third-order valence-corrected chi connectivity index (χ3v) is 7.57. The van der Waals surface area contributed by atoms with Crippen LogP contribution in [0, 0.1) is 27.7 Å². The lowest BCUT2D eigenvalue weighted by Gasteiger charge is -2.18. The van der Waals surface area contributed by atoms with Crippen LogP contribution in [0.15, 0.2) is 36.4 Å². The summed E-state index contributed by atoms with van der Waals surface area (Å²) in [6, 6.07) is 13.5. The molecule has 0 bridgehead atoms. The minimum atomic E-state index is -1.29. The molecule has 2 aromatic rings. The Labute approximate surface area is 123 Å². The summed E-state index contributed by atoms with van der Waals surface area (Å²) in [7, 11) is -1.29. The number of rotatable bonds is 3. The molecule has 0 aromatic heterocycles. The van der Waals surface area contributed by atoms with Crippen LogP contribution in [-0.2, 0) is 0 Å². The van der Waals surface area contributed by atoms with Crippen LogP contribution >= 0.6 is 11.6 Å². The number of aryl methyl sites for hydroxylation is 3. The monoisotopic (exact) mass is 288 g/mol. The lowest BCUT2D eigenvalue weighted by molar-refractivity contribution is 1.36. The maximum absolute atomic E-state index is 6.33. The minimum absolute atomic E-state index is 0.757. The van der Waals surface area contributed by atoms with Crippen molar-refractivity contribution >= 4 is 30.8 Å². The van der Waals surface area contributed by atoms with Gasteiger partial charge in [-0.3, -0.25) is 0 Å². The molecule has 0 nitrogen and oxygen atoms in total. The molecule has 0 N–H and O–H groups in total. The van der Waals surface area contributed by atoms with Gasteiger partial charge in [0.05, 0.1) is 0 Å². The lowest BCUT2D eigenvalue weighted by atomic mass is 10.1. The van der Waals surface area contributed by atoms with Gasteiger partial charge in [0.1, 0.15) is 8.80 Å². The molecule has 19 heavy (non-hydrogen) atoms. The summed E-state index contributed by atoms with van der Waals surface area (Å²) >= 11 is 6.33. The summed E-state index contributed by atoms with van der Waals surface area (Å²) in [6.07, 6.45) is 0. The van der Waals surface area contributed by atoms with E-state index < -0.39 is 8.80 Å². The molecule has 100 valence electrons. The quantitative estimate of drug-likeness (QED) is 0.602. The second-order valence-electron chi connectivity index (χ2n) is 5.42. The van der Waals surface area contributed by atoms with E-state index in [4.69, 9.17) is 11.6 Å². The lowest BCUT2D eigenvalue weighted by Crippen LogP contribution is -2.46. The molecule has 2 heteroatoms. The Morgan fingerprint density at radius 2 is 1.58 bits per heavy atom. The van der Waals surface area contributed by atoms with Gasteiger partial charge in [-0.15, -0.1) is 11.6 Å². The number of benzene rings is 2. The van der Waals surface area contributed by atoms with Gasteiger partial charge < -0.3 is 0 Å². The van der Waals surface area contributed by atoms with E-state index in [0.717, 1.165) is 5.50 Å². The van der Waals surface area contributed by atoms with Gasteiger partial charge in [-0.05, 0) is 38.8 Å². The van der Waals surface area contributed by atoms with Crippen molar-refractivity contribution in [3.8, 4) is 0 Å². The van der Waals surface area contributed by atoms with Gasteiger partial charge >= 0.3 is 0 Å². The predicted molar refractivity (Wildman–Crippen MR) is 89.0 cm³/mol. The fourth-order valence-corrected chi connectivity index (χ4v) is 6.47. The molecule has 0 saturated heterocycles. The Bertz CT molecular complexity index is 570. The van der Waals surface area contributed by atoms with Crippen molar-refractivity contribution in [3.05, 3.63) is 58.7 Å². The molecular formula is C17H21ClSi. The molecule has 0 amide bonds. The first-order valence-corrected chi connectivity index (χ1v) is 9.23. The molecular weight excluding hydrogens is 268 g/mol.